The lowest BCUT2D eigenvalue weighted by Crippen LogP contribution is -2.41. The molecule has 0 radical (unpaired) electrons. The van der Waals surface area contributed by atoms with Crippen LogP contribution in [0.2, 0.25) is 0 Å². The number of fused-ring (bicyclic) bond motifs is 2. The highest BCUT2D eigenvalue weighted by molar-refractivity contribution is 5.74. The first kappa shape index (κ1) is 18.2. The van der Waals surface area contributed by atoms with Crippen LogP contribution in [0.4, 0.5) is 5.95 Å². The Balaban J connectivity index is 1.38. The minimum absolute atomic E-state index is 0.0309. The Hall–Kier alpha value is -2.80. The van der Waals surface area contributed by atoms with E-state index in [1.807, 2.05) is 6.07 Å². The van der Waals surface area contributed by atoms with Crippen molar-refractivity contribution in [2.24, 2.45) is 0 Å². The first-order chi connectivity index (χ1) is 14.2. The second kappa shape index (κ2) is 7.55. The van der Waals surface area contributed by atoms with Crippen LogP contribution in [-0.4, -0.2) is 44.0 Å². The number of piperidine rings is 1. The number of hydrogen-bond acceptors (Lipinski definition) is 6. The largest absolute Gasteiger partial charge is 0.340 e. The van der Waals surface area contributed by atoms with Crippen molar-refractivity contribution in [1.29, 1.82) is 0 Å². The van der Waals surface area contributed by atoms with Gasteiger partial charge in [-0.05, 0) is 50.3 Å². The average Bonchev–Trinajstić information content (AvgIpc) is 2.74. The van der Waals surface area contributed by atoms with Crippen LogP contribution in [0.25, 0.3) is 11.0 Å². The fraction of sp³-hybridized carbons (Fsp3) is 0.455. The SMILES string of the molecule is C[C@@H]1CCCCN1c1nc2c(c(=O)[nH]1)CCN(Cc1ccc3nccnc3c1)C2. The van der Waals surface area contributed by atoms with Crippen molar-refractivity contribution in [1.82, 2.24) is 24.8 Å². The van der Waals surface area contributed by atoms with Gasteiger partial charge in [-0.3, -0.25) is 24.6 Å². The van der Waals surface area contributed by atoms with Crippen molar-refractivity contribution >= 4 is 17.0 Å². The third-order valence-corrected chi connectivity index (χ3v) is 6.15. The van der Waals surface area contributed by atoms with E-state index in [0.717, 1.165) is 67.1 Å². The molecular weight excluding hydrogens is 364 g/mol. The summed E-state index contributed by atoms with van der Waals surface area (Å²) in [7, 11) is 0. The summed E-state index contributed by atoms with van der Waals surface area (Å²) < 4.78 is 0. The Morgan fingerprint density at radius 1 is 1.14 bits per heavy atom. The first-order valence-electron chi connectivity index (χ1n) is 10.5. The van der Waals surface area contributed by atoms with Gasteiger partial charge in [0.1, 0.15) is 0 Å². The molecule has 29 heavy (non-hydrogen) atoms. The van der Waals surface area contributed by atoms with Gasteiger partial charge in [0, 0.05) is 50.2 Å². The molecule has 0 amide bonds. The molecule has 150 valence electrons. The zero-order valence-electron chi connectivity index (χ0n) is 16.8. The molecule has 0 aliphatic carbocycles. The highest BCUT2D eigenvalue weighted by atomic mass is 16.1. The van der Waals surface area contributed by atoms with Crippen LogP contribution < -0.4 is 10.5 Å². The number of anilines is 1. The minimum atomic E-state index is 0.0309. The summed E-state index contributed by atoms with van der Waals surface area (Å²) in [5.41, 5.74) is 4.83. The molecule has 1 N–H and O–H groups in total. The minimum Gasteiger partial charge on any atom is -0.340 e. The van der Waals surface area contributed by atoms with E-state index >= 15 is 0 Å². The summed E-state index contributed by atoms with van der Waals surface area (Å²) in [6.07, 6.45) is 7.73. The lowest BCUT2D eigenvalue weighted by molar-refractivity contribution is 0.240. The zero-order chi connectivity index (χ0) is 19.8. The highest BCUT2D eigenvalue weighted by Crippen LogP contribution is 2.24. The quantitative estimate of drug-likeness (QED) is 0.741. The first-order valence-corrected chi connectivity index (χ1v) is 10.5. The summed E-state index contributed by atoms with van der Waals surface area (Å²) in [5, 5.41) is 0. The second-order valence-electron chi connectivity index (χ2n) is 8.19. The average molecular weight is 390 g/mol. The van der Waals surface area contributed by atoms with Gasteiger partial charge in [-0.1, -0.05) is 6.07 Å². The van der Waals surface area contributed by atoms with E-state index in [1.165, 1.54) is 12.0 Å². The molecule has 1 atom stereocenters. The van der Waals surface area contributed by atoms with E-state index < -0.39 is 0 Å². The Kier molecular flexibility index (Phi) is 4.75. The second-order valence-corrected chi connectivity index (χ2v) is 8.19. The number of H-pyrrole nitrogens is 1. The van der Waals surface area contributed by atoms with Gasteiger partial charge in [0.2, 0.25) is 5.95 Å². The molecule has 2 aliphatic heterocycles. The molecule has 0 saturated carbocycles. The fourth-order valence-electron chi connectivity index (χ4n) is 4.53. The topological polar surface area (TPSA) is 78.0 Å². The number of nitrogens with one attached hydrogen (secondary N) is 1. The van der Waals surface area contributed by atoms with E-state index in [4.69, 9.17) is 4.98 Å². The summed E-state index contributed by atoms with van der Waals surface area (Å²) in [4.78, 5) is 34.0. The standard InChI is InChI=1S/C22H26N6O/c1-15-4-2-3-10-28(15)22-25-20-14-27(11-7-17(20)21(29)26-22)13-16-5-6-18-19(12-16)24-9-8-23-18/h5-6,8-9,12,15H,2-4,7,10-11,13-14H2,1H3,(H,25,26,29)/t15-/m1/s1. The van der Waals surface area contributed by atoms with Crippen molar-refractivity contribution < 1.29 is 0 Å². The summed E-state index contributed by atoms with van der Waals surface area (Å²) >= 11 is 0. The van der Waals surface area contributed by atoms with Crippen LogP contribution in [0.1, 0.15) is 43.0 Å². The van der Waals surface area contributed by atoms with Crippen molar-refractivity contribution in [3.8, 4) is 0 Å². The molecule has 1 aromatic carbocycles. The van der Waals surface area contributed by atoms with Gasteiger partial charge < -0.3 is 4.90 Å². The molecule has 2 aliphatic rings. The Labute approximate surface area is 169 Å². The molecule has 1 fully saturated rings. The van der Waals surface area contributed by atoms with Gasteiger partial charge in [-0.15, -0.1) is 0 Å². The predicted octanol–water partition coefficient (Wildman–Crippen LogP) is 2.65. The molecule has 7 nitrogen and oxygen atoms in total. The number of rotatable bonds is 3. The van der Waals surface area contributed by atoms with Crippen LogP contribution in [0, 0.1) is 0 Å². The number of hydrogen-bond donors (Lipinski definition) is 1. The van der Waals surface area contributed by atoms with Crippen LogP contribution in [0.15, 0.2) is 35.4 Å². The molecule has 0 bridgehead atoms. The molecule has 5 rings (SSSR count). The normalized spacial score (nSPS) is 20.0. The van der Waals surface area contributed by atoms with Crippen molar-refractivity contribution in [2.75, 3.05) is 18.0 Å². The van der Waals surface area contributed by atoms with Crippen molar-refractivity contribution in [3.05, 3.63) is 57.8 Å². The van der Waals surface area contributed by atoms with E-state index in [9.17, 15) is 4.79 Å². The lowest BCUT2D eigenvalue weighted by atomic mass is 10.0. The molecule has 0 spiro atoms. The van der Waals surface area contributed by atoms with E-state index in [-0.39, 0.29) is 5.56 Å². The lowest BCUT2D eigenvalue weighted by Gasteiger charge is -2.35. The third-order valence-electron chi connectivity index (χ3n) is 6.15. The van der Waals surface area contributed by atoms with Gasteiger partial charge in [-0.25, -0.2) is 4.98 Å². The third kappa shape index (κ3) is 3.62. The maximum Gasteiger partial charge on any atom is 0.255 e. The molecule has 1 saturated heterocycles. The number of aromatic nitrogens is 4. The zero-order valence-corrected chi connectivity index (χ0v) is 16.8. The summed E-state index contributed by atoms with van der Waals surface area (Å²) in [6.45, 7) is 5.55. The molecule has 2 aromatic heterocycles. The highest BCUT2D eigenvalue weighted by Gasteiger charge is 2.25. The Morgan fingerprint density at radius 2 is 2.00 bits per heavy atom. The van der Waals surface area contributed by atoms with Gasteiger partial charge in [0.05, 0.1) is 16.7 Å². The van der Waals surface area contributed by atoms with Gasteiger partial charge in [-0.2, -0.15) is 0 Å². The molecule has 4 heterocycles. The van der Waals surface area contributed by atoms with Crippen molar-refractivity contribution in [2.45, 2.75) is 51.7 Å². The van der Waals surface area contributed by atoms with Gasteiger partial charge in [0.25, 0.3) is 5.56 Å². The molecule has 3 aromatic rings. The molecule has 7 heteroatoms. The van der Waals surface area contributed by atoms with Crippen LogP contribution in [0.3, 0.4) is 0 Å². The van der Waals surface area contributed by atoms with Gasteiger partial charge in [0.15, 0.2) is 0 Å². The number of nitrogens with zero attached hydrogens (tertiary/aromatic N) is 5. The fourth-order valence-corrected chi connectivity index (χ4v) is 4.53. The number of aromatic amines is 1. The molecular formula is C22H26N6O. The van der Waals surface area contributed by atoms with Crippen molar-refractivity contribution in [3.63, 3.8) is 0 Å². The maximum absolute atomic E-state index is 12.7. The Morgan fingerprint density at radius 3 is 2.86 bits per heavy atom. The van der Waals surface area contributed by atoms with E-state index in [0.29, 0.717) is 12.6 Å². The van der Waals surface area contributed by atoms with Crippen LogP contribution in [-0.2, 0) is 19.5 Å². The van der Waals surface area contributed by atoms with Crippen LogP contribution >= 0.6 is 0 Å². The smallest absolute Gasteiger partial charge is 0.255 e. The monoisotopic (exact) mass is 390 g/mol. The summed E-state index contributed by atoms with van der Waals surface area (Å²) in [6, 6.07) is 6.65. The summed E-state index contributed by atoms with van der Waals surface area (Å²) in [5.74, 6) is 0.740. The number of benzene rings is 1. The molecule has 0 unspecified atom stereocenters. The predicted molar refractivity (Wildman–Crippen MR) is 113 cm³/mol. The van der Waals surface area contributed by atoms with E-state index in [2.05, 4.69) is 43.8 Å². The van der Waals surface area contributed by atoms with E-state index in [1.54, 1.807) is 12.4 Å². The maximum atomic E-state index is 12.7. The Bertz CT molecular complexity index is 1090. The van der Waals surface area contributed by atoms with Crippen LogP contribution in [0.5, 0.6) is 0 Å². The van der Waals surface area contributed by atoms with Gasteiger partial charge >= 0.3 is 0 Å².